The fourth-order valence-electron chi connectivity index (χ4n) is 9.55. The number of likely N-dealkylation sites (tertiary alicyclic amines) is 4. The van der Waals surface area contributed by atoms with Crippen molar-refractivity contribution in [3.8, 4) is 0 Å². The van der Waals surface area contributed by atoms with Crippen LogP contribution in [0.4, 0.5) is 0 Å². The van der Waals surface area contributed by atoms with E-state index in [1.165, 1.54) is 0 Å². The van der Waals surface area contributed by atoms with E-state index in [0.717, 1.165) is 43.2 Å². The summed E-state index contributed by atoms with van der Waals surface area (Å²) in [5.41, 5.74) is 8.30. The number of nitrogens with zero attached hydrogens (tertiary/aromatic N) is 4. The van der Waals surface area contributed by atoms with Crippen LogP contribution in [0, 0.1) is 11.8 Å². The number of hydrogen-bond acceptors (Lipinski definition) is 9. The topological polar surface area (TPSA) is 190 Å². The van der Waals surface area contributed by atoms with E-state index in [-0.39, 0.29) is 54.2 Å². The van der Waals surface area contributed by atoms with Gasteiger partial charge in [-0.25, -0.2) is 0 Å². The highest BCUT2D eigenvalue weighted by Crippen LogP contribution is 2.34. The van der Waals surface area contributed by atoms with Crippen molar-refractivity contribution in [3.05, 3.63) is 83.9 Å². The van der Waals surface area contributed by atoms with Crippen LogP contribution < -0.4 is 27.0 Å². The van der Waals surface area contributed by atoms with Crippen LogP contribution in [0.5, 0.6) is 0 Å². The Morgan fingerprint density at radius 3 is 1.50 bits per heavy atom. The number of nitrogens with two attached hydrogens (primary N) is 1. The first kappa shape index (κ1) is 46.4. The van der Waals surface area contributed by atoms with E-state index in [2.05, 4.69) is 33.4 Å². The molecule has 6 rings (SSSR count). The van der Waals surface area contributed by atoms with Crippen molar-refractivity contribution in [3.63, 3.8) is 0 Å². The maximum absolute atomic E-state index is 14.5. The molecule has 15 nitrogen and oxygen atoms in total. The monoisotopic (exact) mass is 854 g/mol. The molecule has 4 aliphatic rings. The number of nitrogens with one attached hydrogen (secondary N) is 4. The third-order valence-electron chi connectivity index (χ3n) is 13.3. The first-order valence-electron chi connectivity index (χ1n) is 22.6. The highest BCUT2D eigenvalue weighted by molar-refractivity contribution is 5.95. The van der Waals surface area contributed by atoms with Gasteiger partial charge in [0.2, 0.25) is 29.5 Å². The molecular weight excluding hydrogens is 787 g/mol. The first-order valence-corrected chi connectivity index (χ1v) is 22.6. The Balaban J connectivity index is 1.16. The maximum atomic E-state index is 14.5. The number of hydrogen-bond donors (Lipinski definition) is 5. The van der Waals surface area contributed by atoms with E-state index < -0.39 is 42.3 Å². The SMILES string of the molecule is CN[C@@H](C)C(=O)N[C@@H](C/C=C\C[C@H](NC(=O)[C@H](N)NC)C(=O)N1CC[C@H]2CCCN(CCc3ccccc3)C(=O)[C@H]21)C(=O)N1CC[C@H]2CCCN(CCc3ccccc3)C(=O)[C@H]21. The third kappa shape index (κ3) is 11.5. The second-order valence-electron chi connectivity index (χ2n) is 17.3. The van der Waals surface area contributed by atoms with Gasteiger partial charge < -0.3 is 41.3 Å². The molecule has 4 fully saturated rings. The first-order chi connectivity index (χ1) is 30.0. The Bertz CT molecular complexity index is 1750. The molecule has 336 valence electrons. The normalized spacial score (nSPS) is 23.5. The molecule has 0 radical (unpaired) electrons. The van der Waals surface area contributed by atoms with Gasteiger partial charge in [0, 0.05) is 39.3 Å². The van der Waals surface area contributed by atoms with Gasteiger partial charge in [0.25, 0.3) is 5.91 Å². The summed E-state index contributed by atoms with van der Waals surface area (Å²) < 4.78 is 0. The van der Waals surface area contributed by atoms with E-state index in [4.69, 9.17) is 5.73 Å². The van der Waals surface area contributed by atoms with Gasteiger partial charge in [0.15, 0.2) is 0 Å². The summed E-state index contributed by atoms with van der Waals surface area (Å²) >= 11 is 0. The van der Waals surface area contributed by atoms with E-state index >= 15 is 0 Å². The van der Waals surface area contributed by atoms with Crippen molar-refractivity contribution in [2.24, 2.45) is 17.6 Å². The minimum atomic E-state index is -1.06. The van der Waals surface area contributed by atoms with Crippen LogP contribution in [0.3, 0.4) is 0 Å². The molecule has 0 aliphatic carbocycles. The predicted octanol–water partition coefficient (Wildman–Crippen LogP) is 1.57. The maximum Gasteiger partial charge on any atom is 0.252 e. The van der Waals surface area contributed by atoms with Crippen molar-refractivity contribution >= 4 is 35.4 Å². The van der Waals surface area contributed by atoms with Gasteiger partial charge in [-0.3, -0.25) is 34.1 Å². The quantitative estimate of drug-likeness (QED) is 0.110. The summed E-state index contributed by atoms with van der Waals surface area (Å²) in [5.74, 6) is -1.67. The number of fused-ring (bicyclic) bond motifs is 2. The van der Waals surface area contributed by atoms with Gasteiger partial charge >= 0.3 is 0 Å². The molecule has 4 saturated heterocycles. The molecule has 0 bridgehead atoms. The van der Waals surface area contributed by atoms with Crippen molar-refractivity contribution in [2.75, 3.05) is 53.4 Å². The van der Waals surface area contributed by atoms with Crippen LogP contribution in [0.25, 0.3) is 0 Å². The minimum Gasteiger partial charge on any atom is -0.343 e. The van der Waals surface area contributed by atoms with E-state index in [0.29, 0.717) is 58.5 Å². The zero-order chi connectivity index (χ0) is 44.2. The lowest BCUT2D eigenvalue weighted by molar-refractivity contribution is -0.146. The Morgan fingerprint density at radius 1 is 0.645 bits per heavy atom. The van der Waals surface area contributed by atoms with E-state index in [1.54, 1.807) is 43.0 Å². The highest BCUT2D eigenvalue weighted by Gasteiger charge is 2.47. The molecule has 0 unspecified atom stereocenters. The Hall–Kier alpha value is -5.12. The Morgan fingerprint density at radius 2 is 1.08 bits per heavy atom. The lowest BCUT2D eigenvalue weighted by Crippen LogP contribution is -2.58. The van der Waals surface area contributed by atoms with Crippen LogP contribution >= 0.6 is 0 Å². The molecule has 6 amide bonds. The summed E-state index contributed by atoms with van der Waals surface area (Å²) in [6.07, 6.45) is 8.77. The number of carbonyl (C=O) groups excluding carboxylic acids is 6. The van der Waals surface area contributed by atoms with Gasteiger partial charge in [-0.1, -0.05) is 72.8 Å². The molecular formula is C47H67N9O6. The smallest absolute Gasteiger partial charge is 0.252 e. The standard InChI is InChI=1S/C47H67N9O6/c1-32(49-2)42(57)51-37(44(59)55-30-24-35-18-12-26-53(46(61)39(35)55)28-22-33-14-6-4-7-15-33)20-10-11-21-38(52-43(58)41(48)50-3)45(60)56-31-25-36-19-13-27-54(47(62)40(36)56)29-23-34-16-8-5-9-17-34/h4-11,14-17,32,35-41,49-50H,12-13,18-31,48H2,1-3H3,(H,51,57)(H,52,58)/b11-10-/t32-,35+,36+,37-,38-,39-,40-,41+/m0/s1. The summed E-state index contributed by atoms with van der Waals surface area (Å²) in [5, 5.41) is 11.4. The molecule has 6 N–H and O–H groups in total. The van der Waals surface area contributed by atoms with Gasteiger partial charge in [-0.2, -0.15) is 0 Å². The lowest BCUT2D eigenvalue weighted by atomic mass is 9.95. The molecule has 4 aliphatic heterocycles. The molecule has 0 aromatic heterocycles. The number of benzene rings is 2. The fourth-order valence-corrected chi connectivity index (χ4v) is 9.55. The van der Waals surface area contributed by atoms with Crippen molar-refractivity contribution in [2.45, 2.75) is 108 Å². The second kappa shape index (κ2) is 22.3. The van der Waals surface area contributed by atoms with Crippen LogP contribution in [-0.4, -0.2) is 145 Å². The van der Waals surface area contributed by atoms with Crippen LogP contribution in [0.2, 0.25) is 0 Å². The zero-order valence-corrected chi connectivity index (χ0v) is 36.7. The lowest BCUT2D eigenvalue weighted by Gasteiger charge is -2.33. The zero-order valence-electron chi connectivity index (χ0n) is 36.7. The molecule has 62 heavy (non-hydrogen) atoms. The number of rotatable bonds is 18. The van der Waals surface area contributed by atoms with E-state index in [9.17, 15) is 28.8 Å². The van der Waals surface area contributed by atoms with Gasteiger partial charge in [0.05, 0.1) is 6.04 Å². The third-order valence-corrected chi connectivity index (χ3v) is 13.3. The summed E-state index contributed by atoms with van der Waals surface area (Å²) in [4.78, 5) is 90.9. The molecule has 0 spiro atoms. The van der Waals surface area contributed by atoms with Crippen molar-refractivity contribution < 1.29 is 28.8 Å². The summed E-state index contributed by atoms with van der Waals surface area (Å²) in [6, 6.07) is 16.2. The largest absolute Gasteiger partial charge is 0.343 e. The molecule has 2 aromatic carbocycles. The average Bonchev–Trinajstić information content (AvgIpc) is 3.84. The Kier molecular flexibility index (Phi) is 16.7. The fraction of sp³-hybridized carbons (Fsp3) is 0.574. The molecule has 2 aromatic rings. The number of likely N-dealkylation sites (N-methyl/N-ethyl adjacent to an activating group) is 2. The number of amides is 6. The Labute approximate surface area is 366 Å². The van der Waals surface area contributed by atoms with Crippen molar-refractivity contribution in [1.29, 1.82) is 0 Å². The van der Waals surface area contributed by atoms with Crippen LogP contribution in [-0.2, 0) is 41.6 Å². The van der Waals surface area contributed by atoms with Gasteiger partial charge in [-0.05, 0) is 108 Å². The van der Waals surface area contributed by atoms with Gasteiger partial charge in [-0.15, -0.1) is 0 Å². The van der Waals surface area contributed by atoms with Crippen molar-refractivity contribution in [1.82, 2.24) is 40.9 Å². The summed E-state index contributed by atoms with van der Waals surface area (Å²) in [7, 11) is 3.22. The average molecular weight is 854 g/mol. The second-order valence-corrected chi connectivity index (χ2v) is 17.3. The molecule has 4 heterocycles. The number of carbonyl (C=O) groups is 6. The summed E-state index contributed by atoms with van der Waals surface area (Å²) in [6.45, 7) is 4.90. The predicted molar refractivity (Wildman–Crippen MR) is 237 cm³/mol. The van der Waals surface area contributed by atoms with Crippen LogP contribution in [0.15, 0.2) is 72.8 Å². The molecule has 0 saturated carbocycles. The minimum absolute atomic E-state index is 0.0245. The molecule has 8 atom stereocenters. The van der Waals surface area contributed by atoms with Gasteiger partial charge in [0.1, 0.15) is 30.3 Å². The molecule has 15 heteroatoms. The van der Waals surface area contributed by atoms with Crippen LogP contribution in [0.1, 0.15) is 69.4 Å². The highest BCUT2D eigenvalue weighted by atomic mass is 16.2. The van der Waals surface area contributed by atoms with E-state index in [1.807, 2.05) is 58.3 Å².